The third-order valence-electron chi connectivity index (χ3n) is 3.10. The summed E-state index contributed by atoms with van der Waals surface area (Å²) < 4.78 is 0. The quantitative estimate of drug-likeness (QED) is 0.651. The molecule has 1 rings (SSSR count). The molecule has 0 amide bonds. The largest absolute Gasteiger partial charge is 0.197 e. The molecule has 0 bridgehead atoms. The average Bonchev–Trinajstić information content (AvgIpc) is 2.35. The first kappa shape index (κ1) is 13.5. The molecule has 0 aliphatic heterocycles. The predicted octanol–water partition coefficient (Wildman–Crippen LogP) is 4.60. The minimum atomic E-state index is -0.386. The van der Waals surface area contributed by atoms with Crippen molar-refractivity contribution in [2.75, 3.05) is 0 Å². The van der Waals surface area contributed by atoms with E-state index in [4.69, 9.17) is 0 Å². The Kier molecular flexibility index (Phi) is 4.97. The first-order valence-corrected chi connectivity index (χ1v) is 6.26. The lowest BCUT2D eigenvalue weighted by atomic mass is 9.73. The number of unbranched alkanes of at least 4 members (excludes halogenated alkanes) is 1. The number of nitrogens with zero attached hydrogens (tertiary/aromatic N) is 1. The van der Waals surface area contributed by atoms with E-state index in [0.29, 0.717) is 0 Å². The second kappa shape index (κ2) is 6.25. The van der Waals surface area contributed by atoms with E-state index in [-0.39, 0.29) is 5.41 Å². The standard InChI is InChI=1S/C16H21N/c1-4-5-11-16(13-17,12-14(2)3)15-9-7-6-8-10-15/h6-10H,2,4-5,11-12H2,1,3H3. The Morgan fingerprint density at radius 1 is 1.35 bits per heavy atom. The molecule has 0 fully saturated rings. The van der Waals surface area contributed by atoms with Gasteiger partial charge in [0, 0.05) is 0 Å². The highest BCUT2D eigenvalue weighted by atomic mass is 14.4. The number of benzene rings is 1. The topological polar surface area (TPSA) is 23.8 Å². The fourth-order valence-corrected chi connectivity index (χ4v) is 2.25. The first-order chi connectivity index (χ1) is 8.14. The zero-order chi connectivity index (χ0) is 12.7. The highest BCUT2D eigenvalue weighted by Crippen LogP contribution is 2.35. The number of allylic oxidation sites excluding steroid dienone is 1. The lowest BCUT2D eigenvalue weighted by Gasteiger charge is -2.27. The molecule has 0 heterocycles. The van der Waals surface area contributed by atoms with Crippen LogP contribution in [-0.2, 0) is 5.41 Å². The molecule has 0 aliphatic rings. The molecule has 0 aromatic heterocycles. The molecule has 0 spiro atoms. The van der Waals surface area contributed by atoms with Gasteiger partial charge in [0.1, 0.15) is 0 Å². The normalized spacial score (nSPS) is 13.7. The van der Waals surface area contributed by atoms with Crippen LogP contribution < -0.4 is 0 Å². The summed E-state index contributed by atoms with van der Waals surface area (Å²) in [5.41, 5.74) is 1.81. The van der Waals surface area contributed by atoms with Crippen LogP contribution in [0.15, 0.2) is 42.5 Å². The predicted molar refractivity (Wildman–Crippen MR) is 72.7 cm³/mol. The number of rotatable bonds is 6. The minimum absolute atomic E-state index is 0.386. The Hall–Kier alpha value is -1.55. The van der Waals surface area contributed by atoms with E-state index < -0.39 is 0 Å². The maximum atomic E-state index is 9.61. The summed E-state index contributed by atoms with van der Waals surface area (Å²) in [6, 6.07) is 12.7. The van der Waals surface area contributed by atoms with E-state index in [9.17, 15) is 5.26 Å². The summed E-state index contributed by atoms with van der Waals surface area (Å²) in [7, 11) is 0. The zero-order valence-corrected chi connectivity index (χ0v) is 10.9. The molecular formula is C16H21N. The second-order valence-corrected chi connectivity index (χ2v) is 4.80. The minimum Gasteiger partial charge on any atom is -0.197 e. The van der Waals surface area contributed by atoms with Crippen LogP contribution in [0.5, 0.6) is 0 Å². The number of hydrogen-bond donors (Lipinski definition) is 0. The molecule has 1 heteroatoms. The molecule has 0 aliphatic carbocycles. The van der Waals surface area contributed by atoms with Crippen LogP contribution in [0.25, 0.3) is 0 Å². The molecule has 0 saturated heterocycles. The Morgan fingerprint density at radius 2 is 2.00 bits per heavy atom. The molecule has 17 heavy (non-hydrogen) atoms. The van der Waals surface area contributed by atoms with E-state index >= 15 is 0 Å². The van der Waals surface area contributed by atoms with Gasteiger partial charge in [0.25, 0.3) is 0 Å². The van der Waals surface area contributed by atoms with Gasteiger partial charge < -0.3 is 0 Å². The van der Waals surface area contributed by atoms with Gasteiger partial charge in [-0.3, -0.25) is 0 Å². The molecule has 1 nitrogen and oxygen atoms in total. The molecule has 1 unspecified atom stereocenters. The Bertz CT molecular complexity index is 399. The Labute approximate surface area is 105 Å². The molecule has 1 atom stereocenters. The summed E-state index contributed by atoms with van der Waals surface area (Å²) in [4.78, 5) is 0. The molecule has 0 N–H and O–H groups in total. The summed E-state index contributed by atoms with van der Waals surface area (Å²) in [6.45, 7) is 8.13. The number of hydrogen-bond acceptors (Lipinski definition) is 1. The second-order valence-electron chi connectivity index (χ2n) is 4.80. The maximum Gasteiger partial charge on any atom is 0.0859 e. The van der Waals surface area contributed by atoms with Gasteiger partial charge in [-0.2, -0.15) is 5.26 Å². The zero-order valence-electron chi connectivity index (χ0n) is 10.9. The third kappa shape index (κ3) is 3.46. The molecule has 90 valence electrons. The van der Waals surface area contributed by atoms with Gasteiger partial charge in [-0.05, 0) is 25.3 Å². The van der Waals surface area contributed by atoms with Crippen LogP contribution in [0, 0.1) is 11.3 Å². The van der Waals surface area contributed by atoms with E-state index in [1.54, 1.807) is 0 Å². The van der Waals surface area contributed by atoms with Gasteiger partial charge in [0.2, 0.25) is 0 Å². The highest BCUT2D eigenvalue weighted by molar-refractivity contribution is 5.34. The van der Waals surface area contributed by atoms with Crippen molar-refractivity contribution in [3.05, 3.63) is 48.0 Å². The number of nitriles is 1. The van der Waals surface area contributed by atoms with E-state index in [2.05, 4.69) is 31.7 Å². The van der Waals surface area contributed by atoms with Gasteiger partial charge in [0.05, 0.1) is 11.5 Å². The summed E-state index contributed by atoms with van der Waals surface area (Å²) in [6.07, 6.45) is 3.87. The molecule has 1 aromatic rings. The highest BCUT2D eigenvalue weighted by Gasteiger charge is 2.31. The van der Waals surface area contributed by atoms with Gasteiger partial charge in [-0.15, -0.1) is 6.58 Å². The van der Waals surface area contributed by atoms with E-state index in [1.165, 1.54) is 0 Å². The Balaban J connectivity index is 3.07. The van der Waals surface area contributed by atoms with E-state index in [0.717, 1.165) is 36.8 Å². The fraction of sp³-hybridized carbons (Fsp3) is 0.438. The third-order valence-corrected chi connectivity index (χ3v) is 3.10. The van der Waals surface area contributed by atoms with Crippen molar-refractivity contribution in [1.29, 1.82) is 5.26 Å². The summed E-state index contributed by atoms with van der Waals surface area (Å²) >= 11 is 0. The first-order valence-electron chi connectivity index (χ1n) is 6.26. The van der Waals surface area contributed by atoms with Crippen molar-refractivity contribution >= 4 is 0 Å². The van der Waals surface area contributed by atoms with E-state index in [1.807, 2.05) is 25.1 Å². The average molecular weight is 227 g/mol. The lowest BCUT2D eigenvalue weighted by Crippen LogP contribution is -2.24. The van der Waals surface area contributed by atoms with Crippen molar-refractivity contribution < 1.29 is 0 Å². The van der Waals surface area contributed by atoms with Crippen molar-refractivity contribution in [3.8, 4) is 6.07 Å². The van der Waals surface area contributed by atoms with Crippen molar-refractivity contribution in [2.45, 2.75) is 44.9 Å². The fourth-order valence-electron chi connectivity index (χ4n) is 2.25. The molecular weight excluding hydrogens is 206 g/mol. The van der Waals surface area contributed by atoms with Crippen LogP contribution in [0.4, 0.5) is 0 Å². The smallest absolute Gasteiger partial charge is 0.0859 e. The molecule has 1 aromatic carbocycles. The van der Waals surface area contributed by atoms with Crippen molar-refractivity contribution in [1.82, 2.24) is 0 Å². The molecule has 0 saturated carbocycles. The SMILES string of the molecule is C=C(C)CC(C#N)(CCCC)c1ccccc1. The Morgan fingerprint density at radius 3 is 2.47 bits per heavy atom. The van der Waals surface area contributed by atoms with Crippen molar-refractivity contribution in [3.63, 3.8) is 0 Å². The van der Waals surface area contributed by atoms with Gasteiger partial charge in [-0.1, -0.05) is 55.7 Å². The molecule has 0 radical (unpaired) electrons. The van der Waals surface area contributed by atoms with Gasteiger partial charge in [0.15, 0.2) is 0 Å². The monoisotopic (exact) mass is 227 g/mol. The summed E-state index contributed by atoms with van der Waals surface area (Å²) in [5.74, 6) is 0. The van der Waals surface area contributed by atoms with Crippen molar-refractivity contribution in [2.24, 2.45) is 0 Å². The maximum absolute atomic E-state index is 9.61. The van der Waals surface area contributed by atoms with Crippen LogP contribution in [-0.4, -0.2) is 0 Å². The van der Waals surface area contributed by atoms with Gasteiger partial charge >= 0.3 is 0 Å². The summed E-state index contributed by atoms with van der Waals surface area (Å²) in [5, 5.41) is 9.61. The van der Waals surface area contributed by atoms with Crippen LogP contribution >= 0.6 is 0 Å². The lowest BCUT2D eigenvalue weighted by molar-refractivity contribution is 0.475. The van der Waals surface area contributed by atoms with Gasteiger partial charge in [-0.25, -0.2) is 0 Å². The van der Waals surface area contributed by atoms with Crippen LogP contribution in [0.1, 0.15) is 45.1 Å². The van der Waals surface area contributed by atoms with Crippen LogP contribution in [0.3, 0.4) is 0 Å². The van der Waals surface area contributed by atoms with Crippen LogP contribution in [0.2, 0.25) is 0 Å².